The Kier molecular flexibility index (Phi) is 10.0. The van der Waals surface area contributed by atoms with Crippen molar-refractivity contribution in [3.8, 4) is 5.75 Å². The van der Waals surface area contributed by atoms with Gasteiger partial charge in [-0.15, -0.1) is 12.4 Å². The van der Waals surface area contributed by atoms with Gasteiger partial charge in [-0.1, -0.05) is 32.0 Å². The van der Waals surface area contributed by atoms with Crippen LogP contribution < -0.4 is 21.1 Å². The molecule has 23 heavy (non-hydrogen) atoms. The van der Waals surface area contributed by atoms with Gasteiger partial charge in [0.1, 0.15) is 5.75 Å². The van der Waals surface area contributed by atoms with Gasteiger partial charge in [-0.2, -0.15) is 0 Å². The van der Waals surface area contributed by atoms with Crippen molar-refractivity contribution >= 4 is 24.2 Å². The molecule has 6 nitrogen and oxygen atoms in total. The molecule has 0 atom stereocenters. The third-order valence-electron chi connectivity index (χ3n) is 3.71. The fourth-order valence-corrected chi connectivity index (χ4v) is 2.00. The molecule has 4 N–H and O–H groups in total. The van der Waals surface area contributed by atoms with Crippen molar-refractivity contribution in [1.29, 1.82) is 0 Å². The summed E-state index contributed by atoms with van der Waals surface area (Å²) in [6.07, 6.45) is 1.49. The number of halogens is 1. The first-order valence-electron chi connectivity index (χ1n) is 7.51. The lowest BCUT2D eigenvalue weighted by molar-refractivity contribution is -0.128. The van der Waals surface area contributed by atoms with Crippen LogP contribution in [0, 0.1) is 0 Å². The van der Waals surface area contributed by atoms with Crippen LogP contribution in [0.1, 0.15) is 26.7 Å². The van der Waals surface area contributed by atoms with Gasteiger partial charge in [0.2, 0.25) is 5.91 Å². The van der Waals surface area contributed by atoms with Crippen molar-refractivity contribution in [1.82, 2.24) is 10.6 Å². The third-order valence-corrected chi connectivity index (χ3v) is 3.71. The Bertz CT molecular complexity index is 470. The average Bonchev–Trinajstić information content (AvgIpc) is 2.57. The summed E-state index contributed by atoms with van der Waals surface area (Å²) < 4.78 is 5.30. The molecule has 0 fully saturated rings. The van der Waals surface area contributed by atoms with E-state index < -0.39 is 5.54 Å². The van der Waals surface area contributed by atoms with Gasteiger partial charge in [0.05, 0.1) is 12.1 Å². The predicted molar refractivity (Wildman–Crippen MR) is 92.7 cm³/mol. The van der Waals surface area contributed by atoms with E-state index in [4.69, 9.17) is 10.5 Å². The Hall–Kier alpha value is -1.79. The van der Waals surface area contributed by atoms with Gasteiger partial charge in [0, 0.05) is 6.54 Å². The van der Waals surface area contributed by atoms with Crippen molar-refractivity contribution in [2.45, 2.75) is 32.2 Å². The second-order valence-corrected chi connectivity index (χ2v) is 5.12. The van der Waals surface area contributed by atoms with E-state index in [1.807, 2.05) is 32.0 Å². The highest BCUT2D eigenvalue weighted by Gasteiger charge is 2.26. The largest absolute Gasteiger partial charge is 0.484 e. The van der Waals surface area contributed by atoms with Crippen LogP contribution >= 0.6 is 12.4 Å². The third kappa shape index (κ3) is 7.34. The molecule has 1 aromatic carbocycles. The molecular weight excluding hydrogens is 318 g/mol. The summed E-state index contributed by atoms with van der Waals surface area (Å²) in [4.78, 5) is 23.5. The summed E-state index contributed by atoms with van der Waals surface area (Å²) in [7, 11) is 0. The number of carbonyl (C=O) groups is 2. The first-order chi connectivity index (χ1) is 10.5. The van der Waals surface area contributed by atoms with E-state index in [1.165, 1.54) is 0 Å². The number of amides is 2. The summed E-state index contributed by atoms with van der Waals surface area (Å²) in [6.45, 7) is 4.11. The molecule has 1 rings (SSSR count). The summed E-state index contributed by atoms with van der Waals surface area (Å²) in [5.41, 5.74) is 5.32. The Morgan fingerprint density at radius 1 is 1.13 bits per heavy atom. The maximum absolute atomic E-state index is 11.9. The molecule has 0 bridgehead atoms. The maximum Gasteiger partial charge on any atom is 0.258 e. The van der Waals surface area contributed by atoms with Gasteiger partial charge in [-0.05, 0) is 25.0 Å². The number of nitrogens with two attached hydrogens (primary N) is 1. The lowest BCUT2D eigenvalue weighted by Crippen LogP contribution is -2.55. The van der Waals surface area contributed by atoms with E-state index in [0.29, 0.717) is 12.3 Å². The number of benzene rings is 1. The second-order valence-electron chi connectivity index (χ2n) is 5.12. The molecule has 0 spiro atoms. The quantitative estimate of drug-likeness (QED) is 0.628. The molecule has 0 aliphatic carbocycles. The molecule has 0 saturated heterocycles. The number of carbonyl (C=O) groups excluding carboxylic acids is 2. The molecule has 7 heteroatoms. The molecular formula is C16H26ClN3O3. The van der Waals surface area contributed by atoms with Gasteiger partial charge < -0.3 is 21.1 Å². The van der Waals surface area contributed by atoms with Crippen molar-refractivity contribution < 1.29 is 14.3 Å². The zero-order chi connectivity index (χ0) is 16.4. The number of para-hydroxylation sites is 1. The zero-order valence-electron chi connectivity index (χ0n) is 13.6. The summed E-state index contributed by atoms with van der Waals surface area (Å²) in [5, 5.41) is 5.42. The van der Waals surface area contributed by atoms with Gasteiger partial charge in [-0.25, -0.2) is 0 Å². The van der Waals surface area contributed by atoms with E-state index in [9.17, 15) is 9.59 Å². The molecule has 130 valence electrons. The zero-order valence-corrected chi connectivity index (χ0v) is 14.4. The van der Waals surface area contributed by atoms with Crippen LogP contribution in [0.3, 0.4) is 0 Å². The van der Waals surface area contributed by atoms with Crippen LogP contribution in [0.15, 0.2) is 30.3 Å². The van der Waals surface area contributed by atoms with Crippen molar-refractivity contribution in [2.24, 2.45) is 5.73 Å². The topological polar surface area (TPSA) is 93.5 Å². The molecule has 0 aromatic heterocycles. The Morgan fingerprint density at radius 3 is 2.26 bits per heavy atom. The number of ether oxygens (including phenoxy) is 1. The molecule has 0 aliphatic heterocycles. The molecule has 0 radical (unpaired) electrons. The van der Waals surface area contributed by atoms with Crippen molar-refractivity contribution in [2.75, 3.05) is 19.7 Å². The molecule has 2 amide bonds. The molecule has 0 saturated carbocycles. The van der Waals surface area contributed by atoms with Crippen molar-refractivity contribution in [3.05, 3.63) is 30.3 Å². The summed E-state index contributed by atoms with van der Waals surface area (Å²) in [5.74, 6) is 0.0220. The van der Waals surface area contributed by atoms with Gasteiger partial charge in [-0.3, -0.25) is 9.59 Å². The lowest BCUT2D eigenvalue weighted by Gasteiger charge is -2.31. The minimum Gasteiger partial charge on any atom is -0.484 e. The smallest absolute Gasteiger partial charge is 0.258 e. The highest BCUT2D eigenvalue weighted by Crippen LogP contribution is 2.12. The molecule has 1 aromatic rings. The van der Waals surface area contributed by atoms with E-state index in [0.717, 1.165) is 12.8 Å². The lowest BCUT2D eigenvalue weighted by atomic mass is 9.93. The van der Waals surface area contributed by atoms with Crippen molar-refractivity contribution in [3.63, 3.8) is 0 Å². The van der Waals surface area contributed by atoms with Crippen LogP contribution in [0.4, 0.5) is 0 Å². The van der Waals surface area contributed by atoms with E-state index in [1.54, 1.807) is 12.1 Å². The number of nitrogens with one attached hydrogen (secondary N) is 2. The van der Waals surface area contributed by atoms with Crippen LogP contribution in [0.2, 0.25) is 0 Å². The van der Waals surface area contributed by atoms with Gasteiger partial charge in [0.25, 0.3) is 5.91 Å². The van der Waals surface area contributed by atoms with Crippen LogP contribution in [-0.4, -0.2) is 37.0 Å². The first-order valence-corrected chi connectivity index (χ1v) is 7.51. The van der Waals surface area contributed by atoms with E-state index in [2.05, 4.69) is 10.6 Å². The highest BCUT2D eigenvalue weighted by atomic mass is 35.5. The van der Waals surface area contributed by atoms with Gasteiger partial charge in [0.15, 0.2) is 6.61 Å². The predicted octanol–water partition coefficient (Wildman–Crippen LogP) is 1.24. The molecule has 0 heterocycles. The highest BCUT2D eigenvalue weighted by molar-refractivity contribution is 5.86. The second kappa shape index (κ2) is 10.9. The number of hydrogen-bond donors (Lipinski definition) is 3. The first kappa shape index (κ1) is 21.2. The summed E-state index contributed by atoms with van der Waals surface area (Å²) in [6, 6.07) is 9.03. The van der Waals surface area contributed by atoms with Crippen LogP contribution in [-0.2, 0) is 9.59 Å². The number of rotatable bonds is 9. The molecule has 0 unspecified atom stereocenters. The standard InChI is InChI=1S/C16H25N3O3.ClH/c1-3-16(4-2,12-17)19-14(20)10-18-15(21)11-22-13-8-6-5-7-9-13;/h5-9H,3-4,10-12,17H2,1-2H3,(H,18,21)(H,19,20);1H. The van der Waals surface area contributed by atoms with E-state index in [-0.39, 0.29) is 37.4 Å². The van der Waals surface area contributed by atoms with Gasteiger partial charge >= 0.3 is 0 Å². The fraction of sp³-hybridized carbons (Fsp3) is 0.500. The SMILES string of the molecule is CCC(CC)(CN)NC(=O)CNC(=O)COc1ccccc1.Cl. The van der Waals surface area contributed by atoms with Crippen LogP contribution in [0.25, 0.3) is 0 Å². The van der Waals surface area contributed by atoms with Crippen LogP contribution in [0.5, 0.6) is 5.75 Å². The summed E-state index contributed by atoms with van der Waals surface area (Å²) >= 11 is 0. The minimum atomic E-state index is -0.400. The number of hydrogen-bond acceptors (Lipinski definition) is 4. The average molecular weight is 344 g/mol. The monoisotopic (exact) mass is 343 g/mol. The van der Waals surface area contributed by atoms with E-state index >= 15 is 0 Å². The Balaban J connectivity index is 0.00000484. The maximum atomic E-state index is 11.9. The Morgan fingerprint density at radius 2 is 1.74 bits per heavy atom. The molecule has 0 aliphatic rings. The Labute approximate surface area is 143 Å². The fourth-order valence-electron chi connectivity index (χ4n) is 2.00. The normalized spacial score (nSPS) is 10.4. The minimum absolute atomic E-state index is 0.